The first-order chi connectivity index (χ1) is 9.15. The van der Waals surface area contributed by atoms with Gasteiger partial charge in [0.05, 0.1) is 0 Å². The summed E-state index contributed by atoms with van der Waals surface area (Å²) in [6.07, 6.45) is 2.50. The normalized spacial score (nSPS) is 23.4. The van der Waals surface area contributed by atoms with Crippen LogP contribution in [0.5, 0.6) is 0 Å². The molecule has 3 rings (SSSR count). The van der Waals surface area contributed by atoms with Gasteiger partial charge >= 0.3 is 0 Å². The molecule has 102 valence electrons. The molecule has 2 fully saturated rings. The first-order valence-corrected chi connectivity index (χ1v) is 7.04. The van der Waals surface area contributed by atoms with Crippen molar-refractivity contribution in [3.8, 4) is 0 Å². The Morgan fingerprint density at radius 2 is 2.16 bits per heavy atom. The number of nitrogen functional groups attached to an aromatic ring is 1. The minimum atomic E-state index is 0.157. The topological polar surface area (TPSA) is 49.6 Å². The number of nitrogens with zero attached hydrogens (tertiary/aromatic N) is 2. The molecular formula is C15H21N3O. The Balaban J connectivity index is 1.76. The van der Waals surface area contributed by atoms with Gasteiger partial charge in [0.1, 0.15) is 0 Å². The second kappa shape index (κ2) is 4.85. The lowest BCUT2D eigenvalue weighted by atomic mass is 10.1. The molecule has 1 aromatic rings. The van der Waals surface area contributed by atoms with Crippen LogP contribution in [0.25, 0.3) is 0 Å². The molecule has 2 aliphatic heterocycles. The minimum absolute atomic E-state index is 0.157. The molecule has 0 spiro atoms. The quantitative estimate of drug-likeness (QED) is 0.778. The maximum Gasteiger partial charge on any atom is 0.254 e. The van der Waals surface area contributed by atoms with Gasteiger partial charge in [0.15, 0.2) is 0 Å². The van der Waals surface area contributed by atoms with Crippen molar-refractivity contribution in [2.45, 2.75) is 25.8 Å². The lowest BCUT2D eigenvalue weighted by molar-refractivity contribution is 0.0570. The van der Waals surface area contributed by atoms with Crippen LogP contribution in [0.3, 0.4) is 0 Å². The molecule has 0 radical (unpaired) electrons. The molecular weight excluding hydrogens is 238 g/mol. The molecule has 2 saturated heterocycles. The van der Waals surface area contributed by atoms with Gasteiger partial charge in [-0.05, 0) is 50.1 Å². The average molecular weight is 259 g/mol. The Kier molecular flexibility index (Phi) is 3.19. The highest BCUT2D eigenvalue weighted by atomic mass is 16.2. The van der Waals surface area contributed by atoms with E-state index < -0.39 is 0 Å². The second-order valence-corrected chi connectivity index (χ2v) is 5.66. The molecule has 0 bridgehead atoms. The van der Waals surface area contributed by atoms with E-state index in [1.165, 1.54) is 19.4 Å². The summed E-state index contributed by atoms with van der Waals surface area (Å²) in [5.41, 5.74) is 8.23. The monoisotopic (exact) mass is 259 g/mol. The number of fused-ring (bicyclic) bond motifs is 1. The van der Waals surface area contributed by atoms with Gasteiger partial charge in [0.2, 0.25) is 0 Å². The number of hydrogen-bond donors (Lipinski definition) is 1. The number of piperazine rings is 1. The SMILES string of the molecule is Cc1cc(N)ccc1C(=O)N1CCN2CCCC2C1. The van der Waals surface area contributed by atoms with Gasteiger partial charge in [-0.25, -0.2) is 0 Å². The molecule has 2 heterocycles. The summed E-state index contributed by atoms with van der Waals surface area (Å²) in [5.74, 6) is 0.157. The zero-order valence-corrected chi connectivity index (χ0v) is 11.4. The van der Waals surface area contributed by atoms with Crippen molar-refractivity contribution in [3.63, 3.8) is 0 Å². The maximum absolute atomic E-state index is 12.6. The highest BCUT2D eigenvalue weighted by Gasteiger charge is 2.32. The molecule has 1 atom stereocenters. The molecule has 1 amide bonds. The van der Waals surface area contributed by atoms with Crippen molar-refractivity contribution < 1.29 is 4.79 Å². The van der Waals surface area contributed by atoms with Crippen molar-refractivity contribution in [2.75, 3.05) is 31.9 Å². The van der Waals surface area contributed by atoms with Crippen LogP contribution in [0.4, 0.5) is 5.69 Å². The molecule has 2 aliphatic rings. The molecule has 4 heteroatoms. The standard InChI is InChI=1S/C15H21N3O/c1-11-9-12(16)4-5-14(11)15(19)18-8-7-17-6-2-3-13(17)10-18/h4-5,9,13H,2-3,6-8,10,16H2,1H3. The molecule has 19 heavy (non-hydrogen) atoms. The first-order valence-electron chi connectivity index (χ1n) is 7.04. The van der Waals surface area contributed by atoms with Crippen LogP contribution < -0.4 is 5.73 Å². The highest BCUT2D eigenvalue weighted by molar-refractivity contribution is 5.96. The van der Waals surface area contributed by atoms with E-state index in [1.54, 1.807) is 0 Å². The number of amides is 1. The number of nitrogens with two attached hydrogens (primary N) is 1. The van der Waals surface area contributed by atoms with Crippen molar-refractivity contribution in [3.05, 3.63) is 29.3 Å². The van der Waals surface area contributed by atoms with E-state index in [9.17, 15) is 4.79 Å². The number of rotatable bonds is 1. The van der Waals surface area contributed by atoms with Gasteiger partial charge in [-0.2, -0.15) is 0 Å². The van der Waals surface area contributed by atoms with Gasteiger partial charge < -0.3 is 10.6 Å². The van der Waals surface area contributed by atoms with Gasteiger partial charge in [-0.15, -0.1) is 0 Å². The summed E-state index contributed by atoms with van der Waals surface area (Å²) in [4.78, 5) is 17.1. The molecule has 4 nitrogen and oxygen atoms in total. The molecule has 0 saturated carbocycles. The van der Waals surface area contributed by atoms with E-state index >= 15 is 0 Å². The Bertz CT molecular complexity index is 500. The van der Waals surface area contributed by atoms with Crippen LogP contribution in [0.2, 0.25) is 0 Å². The summed E-state index contributed by atoms with van der Waals surface area (Å²) >= 11 is 0. The number of carbonyl (C=O) groups excluding carboxylic acids is 1. The Morgan fingerprint density at radius 3 is 2.95 bits per heavy atom. The number of hydrogen-bond acceptors (Lipinski definition) is 3. The van der Waals surface area contributed by atoms with Gasteiger partial charge in [0, 0.05) is 36.9 Å². The van der Waals surface area contributed by atoms with E-state index in [2.05, 4.69) is 4.90 Å². The number of carbonyl (C=O) groups is 1. The summed E-state index contributed by atoms with van der Waals surface area (Å²) in [5, 5.41) is 0. The van der Waals surface area contributed by atoms with E-state index in [4.69, 9.17) is 5.73 Å². The zero-order valence-electron chi connectivity index (χ0n) is 11.4. The summed E-state index contributed by atoms with van der Waals surface area (Å²) in [6.45, 7) is 5.90. The highest BCUT2D eigenvalue weighted by Crippen LogP contribution is 2.23. The van der Waals surface area contributed by atoms with Crippen LogP contribution >= 0.6 is 0 Å². The van der Waals surface area contributed by atoms with Crippen LogP contribution in [0.1, 0.15) is 28.8 Å². The smallest absolute Gasteiger partial charge is 0.254 e. The maximum atomic E-state index is 12.6. The number of benzene rings is 1. The third kappa shape index (κ3) is 2.32. The Hall–Kier alpha value is -1.55. The average Bonchev–Trinajstić information content (AvgIpc) is 2.85. The fourth-order valence-corrected chi connectivity index (χ4v) is 3.27. The van der Waals surface area contributed by atoms with E-state index in [0.717, 1.165) is 36.4 Å². The number of aryl methyl sites for hydroxylation is 1. The van der Waals surface area contributed by atoms with E-state index in [1.807, 2.05) is 30.0 Å². The lowest BCUT2D eigenvalue weighted by Gasteiger charge is -2.37. The third-order valence-corrected chi connectivity index (χ3v) is 4.36. The van der Waals surface area contributed by atoms with Crippen LogP contribution in [0.15, 0.2) is 18.2 Å². The summed E-state index contributed by atoms with van der Waals surface area (Å²) in [6, 6.07) is 6.12. The first kappa shape index (κ1) is 12.5. The van der Waals surface area contributed by atoms with Crippen molar-refractivity contribution >= 4 is 11.6 Å². The van der Waals surface area contributed by atoms with Gasteiger partial charge in [-0.1, -0.05) is 0 Å². The van der Waals surface area contributed by atoms with Crippen molar-refractivity contribution in [1.82, 2.24) is 9.80 Å². The predicted molar refractivity (Wildman–Crippen MR) is 76.1 cm³/mol. The second-order valence-electron chi connectivity index (χ2n) is 5.66. The fraction of sp³-hybridized carbons (Fsp3) is 0.533. The Labute approximate surface area is 114 Å². The van der Waals surface area contributed by atoms with Gasteiger partial charge in [0.25, 0.3) is 5.91 Å². The molecule has 1 unspecified atom stereocenters. The molecule has 0 aromatic heterocycles. The summed E-state index contributed by atoms with van der Waals surface area (Å²) < 4.78 is 0. The fourth-order valence-electron chi connectivity index (χ4n) is 3.27. The molecule has 2 N–H and O–H groups in total. The predicted octanol–water partition coefficient (Wildman–Crippen LogP) is 1.50. The third-order valence-electron chi connectivity index (χ3n) is 4.36. The van der Waals surface area contributed by atoms with Crippen molar-refractivity contribution in [1.29, 1.82) is 0 Å². The van der Waals surface area contributed by atoms with E-state index in [-0.39, 0.29) is 5.91 Å². The largest absolute Gasteiger partial charge is 0.399 e. The molecule has 1 aromatic carbocycles. The lowest BCUT2D eigenvalue weighted by Crippen LogP contribution is -2.52. The van der Waals surface area contributed by atoms with Crippen molar-refractivity contribution in [2.24, 2.45) is 0 Å². The molecule has 0 aliphatic carbocycles. The zero-order chi connectivity index (χ0) is 13.4. The van der Waals surface area contributed by atoms with Gasteiger partial charge in [-0.3, -0.25) is 9.69 Å². The Morgan fingerprint density at radius 1 is 1.32 bits per heavy atom. The number of anilines is 1. The van der Waals surface area contributed by atoms with Crippen LogP contribution in [-0.4, -0.2) is 47.9 Å². The summed E-state index contributed by atoms with van der Waals surface area (Å²) in [7, 11) is 0. The van der Waals surface area contributed by atoms with Crippen LogP contribution in [-0.2, 0) is 0 Å². The van der Waals surface area contributed by atoms with E-state index in [0.29, 0.717) is 6.04 Å². The van der Waals surface area contributed by atoms with Crippen LogP contribution in [0, 0.1) is 6.92 Å². The minimum Gasteiger partial charge on any atom is -0.399 e.